The summed E-state index contributed by atoms with van der Waals surface area (Å²) in [6, 6.07) is 7.76. The number of piperidine rings is 2. The molecule has 3 aliphatic heterocycles. The number of aromatic nitrogens is 1. The molecular weight excluding hydrogens is 404 g/mol. The van der Waals surface area contributed by atoms with E-state index in [1.165, 1.54) is 25.7 Å². The Labute approximate surface area is 187 Å². The molecule has 5 heterocycles. The predicted octanol–water partition coefficient (Wildman–Crippen LogP) is 5.51. The van der Waals surface area contributed by atoms with Gasteiger partial charge in [0.05, 0.1) is 11.8 Å². The number of aryl methyl sites for hydroxylation is 1. The Morgan fingerprint density at radius 3 is 2.97 bits per heavy atom. The normalized spacial score (nSPS) is 26.0. The summed E-state index contributed by atoms with van der Waals surface area (Å²) < 4.78 is 18.1. The molecule has 2 unspecified atom stereocenters. The van der Waals surface area contributed by atoms with Gasteiger partial charge >= 0.3 is 5.97 Å². The quantitative estimate of drug-likeness (QED) is 0.550. The minimum Gasteiger partial charge on any atom is -0.472 e. The van der Waals surface area contributed by atoms with Crippen molar-refractivity contribution in [2.45, 2.75) is 64.2 Å². The van der Waals surface area contributed by atoms with Crippen molar-refractivity contribution in [2.24, 2.45) is 5.92 Å². The zero-order chi connectivity index (χ0) is 21.9. The summed E-state index contributed by atoms with van der Waals surface area (Å²) in [4.78, 5) is 19.3. The zero-order valence-electron chi connectivity index (χ0n) is 18.8. The number of benzene rings is 1. The number of nitrogens with one attached hydrogen (secondary N) is 1. The molecule has 168 valence electrons. The largest absolute Gasteiger partial charge is 0.472 e. The first kappa shape index (κ1) is 19.9. The number of nitrogens with zero attached hydrogens (tertiary/aromatic N) is 1. The third-order valence-electron chi connectivity index (χ3n) is 7.75. The van der Waals surface area contributed by atoms with Crippen LogP contribution in [0.4, 0.5) is 0 Å². The molecule has 3 aromatic rings. The Morgan fingerprint density at radius 2 is 2.12 bits per heavy atom. The van der Waals surface area contributed by atoms with Crippen LogP contribution in [0.25, 0.3) is 10.9 Å². The molecule has 2 saturated heterocycles. The maximum absolute atomic E-state index is 13.3. The number of ether oxygens (including phenoxy) is 2. The molecule has 3 atom stereocenters. The van der Waals surface area contributed by atoms with E-state index in [4.69, 9.17) is 13.9 Å². The Hall–Kier alpha value is -2.73. The van der Waals surface area contributed by atoms with Crippen LogP contribution >= 0.6 is 0 Å². The van der Waals surface area contributed by atoms with Gasteiger partial charge in [0.25, 0.3) is 0 Å². The third kappa shape index (κ3) is 2.92. The Kier molecular flexibility index (Phi) is 4.61. The van der Waals surface area contributed by atoms with Crippen molar-refractivity contribution in [1.82, 2.24) is 9.88 Å². The Bertz CT molecular complexity index is 1160. The maximum Gasteiger partial charge on any atom is 0.341 e. The summed E-state index contributed by atoms with van der Waals surface area (Å²) in [6.07, 6.45) is 8.04. The Balaban J connectivity index is 1.41. The van der Waals surface area contributed by atoms with Gasteiger partial charge in [-0.15, -0.1) is 0 Å². The maximum atomic E-state index is 13.3. The number of H-pyrrole nitrogens is 1. The monoisotopic (exact) mass is 434 g/mol. The van der Waals surface area contributed by atoms with E-state index in [1.54, 1.807) is 12.3 Å². The molecule has 6 heteroatoms. The van der Waals surface area contributed by atoms with Gasteiger partial charge < -0.3 is 18.9 Å². The summed E-state index contributed by atoms with van der Waals surface area (Å²) in [5.41, 5.74) is 3.39. The van der Waals surface area contributed by atoms with Gasteiger partial charge in [0.15, 0.2) is 11.8 Å². The molecule has 1 aromatic carbocycles. The molecule has 3 aliphatic rings. The van der Waals surface area contributed by atoms with E-state index in [1.807, 2.05) is 26.0 Å². The first-order valence-electron chi connectivity index (χ1n) is 11.9. The average Bonchev–Trinajstić information content (AvgIpc) is 3.44. The second-order valence-corrected chi connectivity index (χ2v) is 9.59. The lowest BCUT2D eigenvalue weighted by molar-refractivity contribution is -0.177. The highest BCUT2D eigenvalue weighted by Gasteiger charge is 2.52. The van der Waals surface area contributed by atoms with Crippen LogP contribution in [0.5, 0.6) is 5.75 Å². The zero-order valence-corrected chi connectivity index (χ0v) is 18.8. The van der Waals surface area contributed by atoms with Crippen LogP contribution in [-0.4, -0.2) is 34.7 Å². The van der Waals surface area contributed by atoms with Crippen molar-refractivity contribution in [3.63, 3.8) is 0 Å². The van der Waals surface area contributed by atoms with Crippen LogP contribution in [0.1, 0.15) is 72.5 Å². The fourth-order valence-corrected chi connectivity index (χ4v) is 6.27. The molecule has 0 bridgehead atoms. The van der Waals surface area contributed by atoms with Gasteiger partial charge in [-0.2, -0.15) is 0 Å². The average molecular weight is 435 g/mol. The van der Waals surface area contributed by atoms with Crippen LogP contribution in [0.15, 0.2) is 34.9 Å². The van der Waals surface area contributed by atoms with E-state index < -0.39 is 6.10 Å². The van der Waals surface area contributed by atoms with Crippen molar-refractivity contribution in [3.05, 3.63) is 53.1 Å². The molecule has 1 spiro atoms. The van der Waals surface area contributed by atoms with Gasteiger partial charge in [-0.25, -0.2) is 4.79 Å². The number of aromatic amines is 1. The fraction of sp³-hybridized carbons (Fsp3) is 0.500. The van der Waals surface area contributed by atoms with Crippen LogP contribution in [0.3, 0.4) is 0 Å². The topological polar surface area (TPSA) is 67.7 Å². The van der Waals surface area contributed by atoms with Gasteiger partial charge in [0.1, 0.15) is 11.5 Å². The van der Waals surface area contributed by atoms with Gasteiger partial charge in [-0.1, -0.05) is 0 Å². The molecular formula is C26H30N2O4. The number of carbonyl (C=O) groups is 1. The lowest BCUT2D eigenvalue weighted by Gasteiger charge is -2.56. The molecule has 6 nitrogen and oxygen atoms in total. The second-order valence-electron chi connectivity index (χ2n) is 9.59. The van der Waals surface area contributed by atoms with Gasteiger partial charge in [-0.05, 0) is 70.2 Å². The summed E-state index contributed by atoms with van der Waals surface area (Å²) in [5, 5.41) is 0.958. The molecule has 32 heavy (non-hydrogen) atoms. The van der Waals surface area contributed by atoms with Crippen molar-refractivity contribution < 1.29 is 18.7 Å². The van der Waals surface area contributed by atoms with Crippen molar-refractivity contribution >= 4 is 16.9 Å². The van der Waals surface area contributed by atoms with E-state index >= 15 is 0 Å². The lowest BCUT2D eigenvalue weighted by atomic mass is 9.74. The van der Waals surface area contributed by atoms with E-state index in [9.17, 15) is 4.79 Å². The van der Waals surface area contributed by atoms with E-state index in [0.29, 0.717) is 17.2 Å². The molecule has 0 aliphatic carbocycles. The summed E-state index contributed by atoms with van der Waals surface area (Å²) >= 11 is 0. The summed E-state index contributed by atoms with van der Waals surface area (Å²) in [7, 11) is 0. The Morgan fingerprint density at radius 1 is 1.25 bits per heavy atom. The second kappa shape index (κ2) is 7.41. The molecule has 1 N–H and O–H groups in total. The smallest absolute Gasteiger partial charge is 0.341 e. The number of carbonyl (C=O) groups excluding carboxylic acids is 1. The predicted molar refractivity (Wildman–Crippen MR) is 121 cm³/mol. The number of hydrogen-bond donors (Lipinski definition) is 1. The molecule has 0 amide bonds. The van der Waals surface area contributed by atoms with Gasteiger partial charge in [0.2, 0.25) is 0 Å². The SMILES string of the molecule is Cc1[nH]c2ccc3c(c2c1C(=O)O[C@@H](C)c1ccco1)CC1CCCN2CCCCC12O3. The summed E-state index contributed by atoms with van der Waals surface area (Å²) in [5.74, 6) is 1.70. The molecule has 2 fully saturated rings. The minimum atomic E-state index is -0.449. The van der Waals surface area contributed by atoms with E-state index in [0.717, 1.165) is 53.8 Å². The standard InChI is InChI=1S/C26H30N2O4/c1-16-23(25(29)31-17(2)21-8-6-14-30-21)24-19-15-18-7-5-13-28-12-4-3-11-26(18,28)32-22(19)10-9-20(24)27-16/h6,8-10,14,17-18,27H,3-5,7,11-13,15H2,1-2H3/t17-,18?,26?/m0/s1. The van der Waals surface area contributed by atoms with Crippen molar-refractivity contribution in [3.8, 4) is 5.75 Å². The highest BCUT2D eigenvalue weighted by Crippen LogP contribution is 2.50. The molecule has 2 aromatic heterocycles. The van der Waals surface area contributed by atoms with E-state index in [-0.39, 0.29) is 11.7 Å². The first-order valence-corrected chi connectivity index (χ1v) is 11.9. The van der Waals surface area contributed by atoms with Crippen molar-refractivity contribution in [1.29, 1.82) is 0 Å². The molecule has 6 rings (SSSR count). The highest BCUT2D eigenvalue weighted by atomic mass is 16.6. The number of hydrogen-bond acceptors (Lipinski definition) is 5. The van der Waals surface area contributed by atoms with E-state index in [2.05, 4.69) is 16.0 Å². The van der Waals surface area contributed by atoms with Crippen molar-refractivity contribution in [2.75, 3.05) is 13.1 Å². The van der Waals surface area contributed by atoms with Crippen LogP contribution < -0.4 is 4.74 Å². The number of furan rings is 1. The molecule has 0 radical (unpaired) electrons. The molecule has 0 saturated carbocycles. The van der Waals surface area contributed by atoms with Crippen LogP contribution in [0, 0.1) is 12.8 Å². The first-order chi connectivity index (χ1) is 15.6. The fourth-order valence-electron chi connectivity index (χ4n) is 6.27. The van der Waals surface area contributed by atoms with Crippen LogP contribution in [-0.2, 0) is 11.2 Å². The minimum absolute atomic E-state index is 0.170. The number of fused-ring (bicyclic) bond motifs is 3. The third-order valence-corrected chi connectivity index (χ3v) is 7.75. The number of esters is 1. The summed E-state index contributed by atoms with van der Waals surface area (Å²) in [6.45, 7) is 6.03. The van der Waals surface area contributed by atoms with Crippen LogP contribution in [0.2, 0.25) is 0 Å². The lowest BCUT2D eigenvalue weighted by Crippen LogP contribution is -2.64. The number of rotatable bonds is 3. The van der Waals surface area contributed by atoms with Gasteiger partial charge in [-0.3, -0.25) is 4.90 Å². The highest BCUT2D eigenvalue weighted by molar-refractivity contribution is 6.07. The van der Waals surface area contributed by atoms with Gasteiger partial charge in [0, 0.05) is 47.6 Å².